The lowest BCUT2D eigenvalue weighted by Gasteiger charge is -2.11. The number of nitrogens with zero attached hydrogens (tertiary/aromatic N) is 1. The first-order chi connectivity index (χ1) is 6.63. The van der Waals surface area contributed by atoms with Gasteiger partial charge in [0.25, 0.3) is 0 Å². The van der Waals surface area contributed by atoms with Crippen molar-refractivity contribution in [3.8, 4) is 5.75 Å². The first kappa shape index (κ1) is 10.5. The predicted octanol–water partition coefficient (Wildman–Crippen LogP) is 1.33. The molecule has 0 amide bonds. The third-order valence-electron chi connectivity index (χ3n) is 1.73. The fourth-order valence-corrected chi connectivity index (χ4v) is 0.942. The van der Waals surface area contributed by atoms with E-state index in [2.05, 4.69) is 9.72 Å². The van der Waals surface area contributed by atoms with Gasteiger partial charge in [0, 0.05) is 5.69 Å². The van der Waals surface area contributed by atoms with Crippen molar-refractivity contribution in [3.05, 3.63) is 24.0 Å². The van der Waals surface area contributed by atoms with Gasteiger partial charge in [-0.3, -0.25) is 4.98 Å². The molecule has 0 aliphatic rings. The second-order valence-electron chi connectivity index (χ2n) is 2.92. The van der Waals surface area contributed by atoms with Gasteiger partial charge in [0.1, 0.15) is 5.75 Å². The Balaban J connectivity index is 2.60. The summed E-state index contributed by atoms with van der Waals surface area (Å²) in [6.45, 7) is 3.51. The van der Waals surface area contributed by atoms with Crippen LogP contribution < -0.4 is 4.74 Å². The smallest absolute Gasteiger partial charge is 0.346 e. The standard InChI is InChI=1S/C10H13NO3/c1-7-4-5-9(6-11-7)14-8(2)10(12)13-3/h4-6,8H,1-3H3/t8-/m1/s1. The van der Waals surface area contributed by atoms with E-state index in [1.165, 1.54) is 7.11 Å². The number of esters is 1. The number of carbonyl (C=O) groups is 1. The molecule has 4 heteroatoms. The molecule has 0 fully saturated rings. The van der Waals surface area contributed by atoms with Gasteiger partial charge in [-0.1, -0.05) is 0 Å². The first-order valence-electron chi connectivity index (χ1n) is 4.30. The van der Waals surface area contributed by atoms with Crippen LogP contribution in [0.15, 0.2) is 18.3 Å². The predicted molar refractivity (Wildman–Crippen MR) is 51.1 cm³/mol. The van der Waals surface area contributed by atoms with Crippen molar-refractivity contribution in [2.75, 3.05) is 7.11 Å². The molecule has 76 valence electrons. The Kier molecular flexibility index (Phi) is 3.45. The van der Waals surface area contributed by atoms with E-state index >= 15 is 0 Å². The van der Waals surface area contributed by atoms with E-state index in [1.54, 1.807) is 19.2 Å². The van der Waals surface area contributed by atoms with Crippen molar-refractivity contribution in [2.24, 2.45) is 0 Å². The molecule has 0 spiro atoms. The summed E-state index contributed by atoms with van der Waals surface area (Å²) in [5.41, 5.74) is 0.906. The van der Waals surface area contributed by atoms with E-state index in [1.807, 2.05) is 13.0 Å². The molecule has 14 heavy (non-hydrogen) atoms. The minimum Gasteiger partial charge on any atom is -0.477 e. The van der Waals surface area contributed by atoms with Crippen molar-refractivity contribution < 1.29 is 14.3 Å². The first-order valence-corrected chi connectivity index (χ1v) is 4.30. The fourth-order valence-electron chi connectivity index (χ4n) is 0.942. The number of methoxy groups -OCH3 is 1. The molecule has 0 radical (unpaired) electrons. The lowest BCUT2D eigenvalue weighted by Crippen LogP contribution is -2.24. The van der Waals surface area contributed by atoms with E-state index < -0.39 is 12.1 Å². The maximum absolute atomic E-state index is 11.0. The molecule has 0 aliphatic carbocycles. The van der Waals surface area contributed by atoms with E-state index in [0.29, 0.717) is 5.75 Å². The molecule has 4 nitrogen and oxygen atoms in total. The van der Waals surface area contributed by atoms with Gasteiger partial charge in [-0.2, -0.15) is 0 Å². The Labute approximate surface area is 82.9 Å². The van der Waals surface area contributed by atoms with E-state index in [9.17, 15) is 4.79 Å². The molecule has 1 heterocycles. The van der Waals surface area contributed by atoms with Crippen molar-refractivity contribution in [3.63, 3.8) is 0 Å². The Morgan fingerprint density at radius 2 is 2.21 bits per heavy atom. The molecule has 1 aromatic heterocycles. The van der Waals surface area contributed by atoms with Gasteiger partial charge in [-0.15, -0.1) is 0 Å². The van der Waals surface area contributed by atoms with Crippen LogP contribution in [-0.2, 0) is 9.53 Å². The van der Waals surface area contributed by atoms with Gasteiger partial charge in [-0.25, -0.2) is 4.79 Å². The molecule has 1 rings (SSSR count). The number of pyridine rings is 1. The molecular weight excluding hydrogens is 182 g/mol. The van der Waals surface area contributed by atoms with Crippen LogP contribution in [-0.4, -0.2) is 24.2 Å². The van der Waals surface area contributed by atoms with E-state index in [-0.39, 0.29) is 0 Å². The van der Waals surface area contributed by atoms with E-state index in [4.69, 9.17) is 4.74 Å². The lowest BCUT2D eigenvalue weighted by molar-refractivity contribution is -0.147. The average molecular weight is 195 g/mol. The van der Waals surface area contributed by atoms with Gasteiger partial charge >= 0.3 is 5.97 Å². The maximum Gasteiger partial charge on any atom is 0.346 e. The Morgan fingerprint density at radius 3 is 2.71 bits per heavy atom. The molecule has 0 aliphatic heterocycles. The highest BCUT2D eigenvalue weighted by Crippen LogP contribution is 2.11. The Hall–Kier alpha value is -1.58. The summed E-state index contributed by atoms with van der Waals surface area (Å²) in [5.74, 6) is 0.166. The molecule has 0 aromatic carbocycles. The molecule has 1 aromatic rings. The van der Waals surface area contributed by atoms with Crippen LogP contribution in [0, 0.1) is 6.92 Å². The van der Waals surface area contributed by atoms with Gasteiger partial charge in [-0.05, 0) is 26.0 Å². The highest BCUT2D eigenvalue weighted by atomic mass is 16.6. The summed E-state index contributed by atoms with van der Waals surface area (Å²) < 4.78 is 9.81. The van der Waals surface area contributed by atoms with Gasteiger partial charge in [0.05, 0.1) is 13.3 Å². The largest absolute Gasteiger partial charge is 0.477 e. The summed E-state index contributed by atoms with van der Waals surface area (Å²) in [6, 6.07) is 3.58. The topological polar surface area (TPSA) is 48.4 Å². The van der Waals surface area contributed by atoms with Crippen LogP contribution in [0.25, 0.3) is 0 Å². The molecule has 1 atom stereocenters. The number of hydrogen-bond donors (Lipinski definition) is 0. The summed E-state index contributed by atoms with van der Waals surface area (Å²) >= 11 is 0. The van der Waals surface area contributed by atoms with Crippen LogP contribution in [0.5, 0.6) is 5.75 Å². The molecule has 0 saturated heterocycles. The third-order valence-corrected chi connectivity index (χ3v) is 1.73. The van der Waals surface area contributed by atoms with Crippen molar-refractivity contribution in [2.45, 2.75) is 20.0 Å². The number of aromatic nitrogens is 1. The van der Waals surface area contributed by atoms with Gasteiger partial charge in [0.2, 0.25) is 0 Å². The monoisotopic (exact) mass is 195 g/mol. The highest BCUT2D eigenvalue weighted by Gasteiger charge is 2.14. The summed E-state index contributed by atoms with van der Waals surface area (Å²) in [4.78, 5) is 15.1. The Bertz CT molecular complexity index is 308. The summed E-state index contributed by atoms with van der Waals surface area (Å²) in [5, 5.41) is 0. The van der Waals surface area contributed by atoms with Crippen LogP contribution in [0.3, 0.4) is 0 Å². The molecule has 0 saturated carbocycles. The SMILES string of the molecule is COC(=O)[C@@H](C)Oc1ccc(C)nc1. The molecule has 0 unspecified atom stereocenters. The number of aryl methyl sites for hydroxylation is 1. The minimum atomic E-state index is -0.607. The van der Waals surface area contributed by atoms with Crippen LogP contribution in [0.1, 0.15) is 12.6 Å². The zero-order valence-electron chi connectivity index (χ0n) is 8.48. The molecular formula is C10H13NO3. The van der Waals surface area contributed by atoms with Crippen molar-refractivity contribution >= 4 is 5.97 Å². The van der Waals surface area contributed by atoms with Gasteiger partial charge < -0.3 is 9.47 Å². The normalized spacial score (nSPS) is 11.9. The van der Waals surface area contributed by atoms with Crippen LogP contribution >= 0.6 is 0 Å². The molecule has 0 N–H and O–H groups in total. The minimum absolute atomic E-state index is 0.398. The molecule has 0 bridgehead atoms. The number of ether oxygens (including phenoxy) is 2. The number of rotatable bonds is 3. The van der Waals surface area contributed by atoms with Crippen molar-refractivity contribution in [1.82, 2.24) is 4.98 Å². The highest BCUT2D eigenvalue weighted by molar-refractivity contribution is 5.74. The quantitative estimate of drug-likeness (QED) is 0.683. The van der Waals surface area contributed by atoms with Crippen molar-refractivity contribution in [1.29, 1.82) is 0 Å². The maximum atomic E-state index is 11.0. The Morgan fingerprint density at radius 1 is 1.50 bits per heavy atom. The second-order valence-corrected chi connectivity index (χ2v) is 2.92. The fraction of sp³-hybridized carbons (Fsp3) is 0.400. The second kappa shape index (κ2) is 4.60. The van der Waals surface area contributed by atoms with Crippen LogP contribution in [0.2, 0.25) is 0 Å². The zero-order chi connectivity index (χ0) is 10.6. The zero-order valence-corrected chi connectivity index (χ0v) is 8.48. The number of hydrogen-bond acceptors (Lipinski definition) is 4. The third kappa shape index (κ3) is 2.73. The van der Waals surface area contributed by atoms with Crippen LogP contribution in [0.4, 0.5) is 0 Å². The summed E-state index contributed by atoms with van der Waals surface area (Å²) in [7, 11) is 1.33. The average Bonchev–Trinajstić information content (AvgIpc) is 2.20. The van der Waals surface area contributed by atoms with Gasteiger partial charge in [0.15, 0.2) is 6.10 Å². The number of carbonyl (C=O) groups excluding carboxylic acids is 1. The lowest BCUT2D eigenvalue weighted by atomic mass is 10.3. The summed E-state index contributed by atoms with van der Waals surface area (Å²) in [6.07, 6.45) is 0.971. The van der Waals surface area contributed by atoms with E-state index in [0.717, 1.165) is 5.69 Å².